The van der Waals surface area contributed by atoms with Gasteiger partial charge in [-0.2, -0.15) is 10.1 Å². The van der Waals surface area contributed by atoms with E-state index in [0.29, 0.717) is 31.7 Å². The average molecular weight is 542 g/mol. The first-order valence-electron chi connectivity index (χ1n) is 11.7. The highest BCUT2D eigenvalue weighted by Gasteiger charge is 2.31. The van der Waals surface area contributed by atoms with Gasteiger partial charge in [0.25, 0.3) is 11.4 Å². The molecular formula is C25H21F3N6O5. The maximum Gasteiger partial charge on any atom is 0.573 e. The van der Waals surface area contributed by atoms with Gasteiger partial charge in [-0.05, 0) is 48.0 Å². The van der Waals surface area contributed by atoms with Crippen LogP contribution in [0.2, 0.25) is 0 Å². The van der Waals surface area contributed by atoms with E-state index >= 15 is 0 Å². The molecule has 2 aromatic heterocycles. The maximum atomic E-state index is 12.5. The van der Waals surface area contributed by atoms with Gasteiger partial charge in [0.05, 0.1) is 6.54 Å². The predicted molar refractivity (Wildman–Crippen MR) is 131 cm³/mol. The fraction of sp³-hybridized carbons (Fsp3) is 0.240. The summed E-state index contributed by atoms with van der Waals surface area (Å²) in [5, 5.41) is 17.4. The van der Waals surface area contributed by atoms with Crippen molar-refractivity contribution in [2.45, 2.75) is 12.9 Å². The van der Waals surface area contributed by atoms with Crippen LogP contribution < -0.4 is 15.2 Å². The zero-order valence-electron chi connectivity index (χ0n) is 20.2. The van der Waals surface area contributed by atoms with E-state index < -0.39 is 12.5 Å². The Bertz CT molecular complexity index is 1530. The minimum absolute atomic E-state index is 0.0272. The third-order valence-electron chi connectivity index (χ3n) is 6.02. The van der Waals surface area contributed by atoms with E-state index in [4.69, 9.17) is 9.63 Å². The number of carbonyl (C=O) groups is 1. The van der Waals surface area contributed by atoms with Crippen molar-refractivity contribution >= 4 is 11.8 Å². The molecule has 0 unspecified atom stereocenters. The number of alkyl halides is 3. The van der Waals surface area contributed by atoms with E-state index in [1.165, 1.54) is 33.8 Å². The summed E-state index contributed by atoms with van der Waals surface area (Å²) in [6.07, 6.45) is -5.73. The van der Waals surface area contributed by atoms with Crippen LogP contribution in [-0.2, 0) is 6.54 Å². The van der Waals surface area contributed by atoms with E-state index in [1.54, 1.807) is 0 Å². The standard InChI is InChI=1S/C25H21F3N6O5/c26-25(27,28)38-19-6-4-17(5-7-19)22-29-23(39-31-22)20-8-9-21(35)34(30-20)15-16-2-1-3-18(14-16)32-10-12-33(13-11-32)24(36)37/h1-9,14H,10-13,15H2,(H,36,37). The molecule has 0 aliphatic carbocycles. The van der Waals surface area contributed by atoms with Gasteiger partial charge in [0, 0.05) is 43.5 Å². The zero-order chi connectivity index (χ0) is 27.6. The summed E-state index contributed by atoms with van der Waals surface area (Å²) in [6, 6.07) is 15.3. The summed E-state index contributed by atoms with van der Waals surface area (Å²) < 4.78 is 47.5. The van der Waals surface area contributed by atoms with Crippen LogP contribution in [0.4, 0.5) is 23.7 Å². The molecule has 0 atom stereocenters. The van der Waals surface area contributed by atoms with Gasteiger partial charge >= 0.3 is 12.5 Å². The maximum absolute atomic E-state index is 12.5. The lowest BCUT2D eigenvalue weighted by molar-refractivity contribution is -0.274. The molecule has 3 heterocycles. The van der Waals surface area contributed by atoms with E-state index in [0.717, 1.165) is 23.4 Å². The number of ether oxygens (including phenoxy) is 1. The topological polar surface area (TPSA) is 127 Å². The van der Waals surface area contributed by atoms with Gasteiger partial charge in [-0.25, -0.2) is 9.48 Å². The molecule has 0 saturated carbocycles. The van der Waals surface area contributed by atoms with Crippen molar-refractivity contribution in [3.8, 4) is 28.7 Å². The molecule has 1 N–H and O–H groups in total. The van der Waals surface area contributed by atoms with Gasteiger partial charge in [0.15, 0.2) is 0 Å². The molecule has 39 heavy (non-hydrogen) atoms. The second-order valence-electron chi connectivity index (χ2n) is 8.64. The lowest BCUT2D eigenvalue weighted by Crippen LogP contribution is -2.48. The molecule has 0 radical (unpaired) electrons. The summed E-state index contributed by atoms with van der Waals surface area (Å²) in [5.41, 5.74) is 2.02. The Morgan fingerprint density at radius 3 is 2.46 bits per heavy atom. The Balaban J connectivity index is 1.31. The van der Waals surface area contributed by atoms with Crippen LogP contribution in [0.5, 0.6) is 5.75 Å². The summed E-state index contributed by atoms with van der Waals surface area (Å²) >= 11 is 0. The first-order chi connectivity index (χ1) is 18.6. The number of halogens is 3. The number of hydrogen-bond donors (Lipinski definition) is 1. The fourth-order valence-corrected chi connectivity index (χ4v) is 4.11. The average Bonchev–Trinajstić information content (AvgIpc) is 3.40. The molecular weight excluding hydrogens is 521 g/mol. The van der Waals surface area contributed by atoms with Gasteiger partial charge < -0.3 is 24.2 Å². The van der Waals surface area contributed by atoms with Gasteiger partial charge in [0.2, 0.25) is 5.82 Å². The first-order valence-corrected chi connectivity index (χ1v) is 11.7. The van der Waals surface area contributed by atoms with Crippen LogP contribution in [0.3, 0.4) is 0 Å². The highest BCUT2D eigenvalue weighted by atomic mass is 19.4. The van der Waals surface area contributed by atoms with E-state index in [2.05, 4.69) is 24.9 Å². The molecule has 0 spiro atoms. The molecule has 5 rings (SSSR count). The summed E-state index contributed by atoms with van der Waals surface area (Å²) in [4.78, 5) is 31.4. The number of hydrogen-bond acceptors (Lipinski definition) is 8. The highest BCUT2D eigenvalue weighted by Crippen LogP contribution is 2.26. The van der Waals surface area contributed by atoms with Crippen LogP contribution in [0.15, 0.2) is 70.0 Å². The van der Waals surface area contributed by atoms with Crippen molar-refractivity contribution in [1.29, 1.82) is 0 Å². The minimum Gasteiger partial charge on any atom is -0.465 e. The molecule has 1 saturated heterocycles. The van der Waals surface area contributed by atoms with E-state index in [9.17, 15) is 22.8 Å². The van der Waals surface area contributed by atoms with Crippen LogP contribution in [-0.4, -0.2) is 68.6 Å². The minimum atomic E-state index is -4.80. The monoisotopic (exact) mass is 542 g/mol. The highest BCUT2D eigenvalue weighted by molar-refractivity contribution is 5.65. The van der Waals surface area contributed by atoms with Crippen molar-refractivity contribution < 1.29 is 32.3 Å². The molecule has 1 aliphatic rings. The Kier molecular flexibility index (Phi) is 6.92. The van der Waals surface area contributed by atoms with Gasteiger partial charge in [-0.1, -0.05) is 17.3 Å². The quantitative estimate of drug-likeness (QED) is 0.388. The number of amides is 1. The zero-order valence-corrected chi connectivity index (χ0v) is 20.2. The molecule has 1 fully saturated rings. The lowest BCUT2D eigenvalue weighted by Gasteiger charge is -2.34. The van der Waals surface area contributed by atoms with Crippen molar-refractivity contribution in [3.63, 3.8) is 0 Å². The number of rotatable bonds is 6. The predicted octanol–water partition coefficient (Wildman–Crippen LogP) is 3.71. The third kappa shape index (κ3) is 6.17. The second kappa shape index (κ2) is 10.5. The largest absolute Gasteiger partial charge is 0.573 e. The van der Waals surface area contributed by atoms with E-state index in [1.807, 2.05) is 24.3 Å². The number of piperazine rings is 1. The summed E-state index contributed by atoms with van der Waals surface area (Å²) in [7, 11) is 0. The van der Waals surface area contributed by atoms with Crippen molar-refractivity contribution in [3.05, 3.63) is 76.6 Å². The van der Waals surface area contributed by atoms with Crippen LogP contribution in [0.1, 0.15) is 5.56 Å². The fourth-order valence-electron chi connectivity index (χ4n) is 4.11. The Morgan fingerprint density at radius 1 is 1.03 bits per heavy atom. The number of nitrogens with zero attached hydrogens (tertiary/aromatic N) is 6. The lowest BCUT2D eigenvalue weighted by atomic mass is 10.1. The van der Waals surface area contributed by atoms with Crippen molar-refractivity contribution in [2.24, 2.45) is 0 Å². The number of benzene rings is 2. The SMILES string of the molecule is O=C(O)N1CCN(c2cccc(Cn3nc(-c4nc(-c5ccc(OC(F)(F)F)cc5)no4)ccc3=O)c2)CC1. The number of carboxylic acid groups (broad SMARTS) is 1. The van der Waals surface area contributed by atoms with Crippen LogP contribution in [0.25, 0.3) is 23.0 Å². The number of anilines is 1. The Hall–Kier alpha value is -4.88. The normalized spacial score (nSPS) is 13.9. The molecule has 1 amide bonds. The van der Waals surface area contributed by atoms with Gasteiger partial charge in [-0.3, -0.25) is 4.79 Å². The smallest absolute Gasteiger partial charge is 0.465 e. The molecule has 1 aliphatic heterocycles. The third-order valence-corrected chi connectivity index (χ3v) is 6.02. The van der Waals surface area contributed by atoms with Crippen LogP contribution in [0, 0.1) is 0 Å². The molecule has 14 heteroatoms. The molecule has 4 aromatic rings. The summed E-state index contributed by atoms with van der Waals surface area (Å²) in [5.74, 6) is -0.228. The number of aromatic nitrogens is 4. The van der Waals surface area contributed by atoms with Gasteiger partial charge in [-0.15, -0.1) is 13.2 Å². The van der Waals surface area contributed by atoms with Gasteiger partial charge in [0.1, 0.15) is 11.4 Å². The Labute approximate surface area is 218 Å². The summed E-state index contributed by atoms with van der Waals surface area (Å²) in [6.45, 7) is 2.08. The van der Waals surface area contributed by atoms with Crippen LogP contribution >= 0.6 is 0 Å². The van der Waals surface area contributed by atoms with E-state index in [-0.39, 0.29) is 35.3 Å². The second-order valence-corrected chi connectivity index (χ2v) is 8.64. The molecule has 202 valence electrons. The first kappa shape index (κ1) is 25.8. The van der Waals surface area contributed by atoms with Crippen molar-refractivity contribution in [1.82, 2.24) is 24.8 Å². The van der Waals surface area contributed by atoms with Crippen molar-refractivity contribution in [2.75, 3.05) is 31.1 Å². The molecule has 0 bridgehead atoms. The Morgan fingerprint density at radius 2 is 1.77 bits per heavy atom. The molecule has 11 nitrogen and oxygen atoms in total. The molecule has 2 aromatic carbocycles.